The van der Waals surface area contributed by atoms with E-state index in [0.29, 0.717) is 35.0 Å². The number of aromatic nitrogens is 2. The van der Waals surface area contributed by atoms with Crippen molar-refractivity contribution in [3.8, 4) is 5.75 Å². The number of pyridine rings is 1. The fraction of sp³-hybridized carbons (Fsp3) is 0.300. The smallest absolute Gasteiger partial charge is 0.296 e. The van der Waals surface area contributed by atoms with Crippen molar-refractivity contribution < 1.29 is 23.8 Å². The summed E-state index contributed by atoms with van der Waals surface area (Å²) in [5.74, 6) is -0.514. The molecule has 1 aliphatic rings. The van der Waals surface area contributed by atoms with Gasteiger partial charge in [-0.25, -0.2) is 4.98 Å². The zero-order chi connectivity index (χ0) is 26.8. The van der Waals surface area contributed by atoms with E-state index in [-0.39, 0.29) is 23.6 Å². The van der Waals surface area contributed by atoms with E-state index in [2.05, 4.69) is 11.9 Å². The number of aliphatic hydroxyl groups excluding tert-OH is 1. The van der Waals surface area contributed by atoms with Gasteiger partial charge in [0.1, 0.15) is 22.9 Å². The van der Waals surface area contributed by atoms with Crippen LogP contribution in [0.4, 0.5) is 0 Å². The maximum absolute atomic E-state index is 13.4. The molecule has 4 aromatic rings. The van der Waals surface area contributed by atoms with Crippen molar-refractivity contribution in [1.29, 1.82) is 0 Å². The molecule has 8 nitrogen and oxygen atoms in total. The Labute approximate surface area is 221 Å². The lowest BCUT2D eigenvalue weighted by Crippen LogP contribution is -2.29. The molecule has 1 amide bonds. The molecule has 8 heteroatoms. The number of furan rings is 1. The number of aryl methyl sites for hydroxylation is 2. The number of unbranched alkanes of at least 4 members (excludes halogenated alkanes) is 2. The highest BCUT2D eigenvalue weighted by molar-refractivity contribution is 6.46. The van der Waals surface area contributed by atoms with Gasteiger partial charge in [-0.15, -0.1) is 0 Å². The highest BCUT2D eigenvalue weighted by Gasteiger charge is 2.47. The summed E-state index contributed by atoms with van der Waals surface area (Å²) >= 11 is 0. The van der Waals surface area contributed by atoms with Gasteiger partial charge >= 0.3 is 0 Å². The van der Waals surface area contributed by atoms with E-state index >= 15 is 0 Å². The summed E-state index contributed by atoms with van der Waals surface area (Å²) in [7, 11) is 0. The number of hydrogen-bond acceptors (Lipinski definition) is 6. The number of benzene rings is 1. The maximum Gasteiger partial charge on any atom is 0.296 e. The fourth-order valence-electron chi connectivity index (χ4n) is 4.92. The summed E-state index contributed by atoms with van der Waals surface area (Å²) < 4.78 is 13.2. The zero-order valence-corrected chi connectivity index (χ0v) is 21.8. The topological polar surface area (TPSA) is 97.3 Å². The van der Waals surface area contributed by atoms with Crippen LogP contribution in [0.15, 0.2) is 71.0 Å². The second kappa shape index (κ2) is 10.6. The van der Waals surface area contributed by atoms with E-state index in [4.69, 9.17) is 9.15 Å². The predicted molar refractivity (Wildman–Crippen MR) is 143 cm³/mol. The van der Waals surface area contributed by atoms with Gasteiger partial charge in [-0.05, 0) is 61.7 Å². The monoisotopic (exact) mass is 513 g/mol. The van der Waals surface area contributed by atoms with Gasteiger partial charge in [-0.1, -0.05) is 38.0 Å². The molecule has 0 saturated carbocycles. The minimum absolute atomic E-state index is 0.00216. The summed E-state index contributed by atoms with van der Waals surface area (Å²) in [5.41, 5.74) is 3.24. The number of hydrogen-bond donors (Lipinski definition) is 1. The lowest BCUT2D eigenvalue weighted by atomic mass is 9.96. The van der Waals surface area contributed by atoms with Crippen LogP contribution in [0, 0.1) is 13.8 Å². The molecule has 0 aliphatic carbocycles. The van der Waals surface area contributed by atoms with Crippen LogP contribution in [0.2, 0.25) is 0 Å². The fourth-order valence-corrected chi connectivity index (χ4v) is 4.92. The Hall–Kier alpha value is -4.33. The molecule has 5 rings (SSSR count). The summed E-state index contributed by atoms with van der Waals surface area (Å²) in [6, 6.07) is 13.8. The summed E-state index contributed by atoms with van der Waals surface area (Å²) in [6.45, 7) is 6.60. The number of imidazole rings is 1. The number of ketones is 1. The first kappa shape index (κ1) is 25.3. The van der Waals surface area contributed by atoms with Gasteiger partial charge in [-0.3, -0.25) is 9.59 Å². The molecule has 1 aromatic carbocycles. The first-order chi connectivity index (χ1) is 18.4. The lowest BCUT2D eigenvalue weighted by molar-refractivity contribution is -0.140. The second-order valence-electron chi connectivity index (χ2n) is 9.56. The van der Waals surface area contributed by atoms with Crippen LogP contribution in [-0.2, 0) is 16.1 Å². The largest absolute Gasteiger partial charge is 0.505 e. The van der Waals surface area contributed by atoms with E-state index in [1.807, 2.05) is 60.8 Å². The third-order valence-corrected chi connectivity index (χ3v) is 6.97. The number of Topliss-reactive ketones (excluding diaryl/α,β-unsaturated/α-hetero) is 1. The Balaban J connectivity index is 1.58. The quantitative estimate of drug-likeness (QED) is 0.133. The van der Waals surface area contributed by atoms with E-state index in [1.54, 1.807) is 12.1 Å². The van der Waals surface area contributed by atoms with Gasteiger partial charge < -0.3 is 23.6 Å². The number of likely N-dealkylation sites (tertiary alicyclic amines) is 1. The molecule has 1 N–H and O–H groups in total. The van der Waals surface area contributed by atoms with Gasteiger partial charge in [0.25, 0.3) is 11.7 Å². The maximum atomic E-state index is 13.4. The molecule has 4 heterocycles. The highest BCUT2D eigenvalue weighted by Crippen LogP contribution is 2.41. The number of carbonyl (C=O) groups is 2. The SMILES string of the molecule is CCCCCOc1ccc(C2/C(=C(\O)c3nc4c(C)cccn4c3C)C(=O)C(=O)N2Cc2ccco2)cc1. The van der Waals surface area contributed by atoms with Crippen molar-refractivity contribution in [1.82, 2.24) is 14.3 Å². The van der Waals surface area contributed by atoms with Gasteiger partial charge in [0.2, 0.25) is 0 Å². The molecule has 1 saturated heterocycles. The van der Waals surface area contributed by atoms with Crippen LogP contribution in [0.25, 0.3) is 11.4 Å². The minimum Gasteiger partial charge on any atom is -0.505 e. The average Bonchev–Trinajstić information content (AvgIpc) is 3.62. The molecule has 0 radical (unpaired) electrons. The Kier molecular flexibility index (Phi) is 7.05. The molecule has 196 valence electrons. The number of aliphatic hydroxyl groups is 1. The van der Waals surface area contributed by atoms with Crippen molar-refractivity contribution >= 4 is 23.1 Å². The van der Waals surface area contributed by atoms with E-state index in [9.17, 15) is 14.7 Å². The number of nitrogens with zero attached hydrogens (tertiary/aromatic N) is 3. The number of amides is 1. The predicted octanol–water partition coefficient (Wildman–Crippen LogP) is 5.74. The molecule has 1 atom stereocenters. The number of ether oxygens (including phenoxy) is 1. The first-order valence-corrected chi connectivity index (χ1v) is 12.9. The Morgan fingerprint density at radius 2 is 1.87 bits per heavy atom. The Morgan fingerprint density at radius 1 is 1.08 bits per heavy atom. The summed E-state index contributed by atoms with van der Waals surface area (Å²) in [6.07, 6.45) is 6.56. The highest BCUT2D eigenvalue weighted by atomic mass is 16.5. The minimum atomic E-state index is -0.820. The van der Waals surface area contributed by atoms with Gasteiger partial charge in [0, 0.05) is 6.20 Å². The number of carbonyl (C=O) groups excluding carboxylic acids is 2. The molecule has 0 spiro atoms. The molecule has 38 heavy (non-hydrogen) atoms. The summed E-state index contributed by atoms with van der Waals surface area (Å²) in [5, 5.41) is 11.5. The van der Waals surface area contributed by atoms with Crippen molar-refractivity contribution in [2.75, 3.05) is 6.61 Å². The Morgan fingerprint density at radius 3 is 2.55 bits per heavy atom. The second-order valence-corrected chi connectivity index (χ2v) is 9.56. The molecule has 3 aromatic heterocycles. The zero-order valence-electron chi connectivity index (χ0n) is 21.8. The van der Waals surface area contributed by atoms with E-state index in [0.717, 1.165) is 24.8 Å². The molecule has 0 bridgehead atoms. The molecule has 1 aliphatic heterocycles. The normalized spacial score (nSPS) is 17.0. The third kappa shape index (κ3) is 4.58. The standard InChI is InChI=1S/C30H31N3O5/c1-4-5-6-16-37-22-13-11-21(12-14-22)26-24(28(35)30(36)33(26)18-23-10-8-17-38-23)27(34)25-20(3)32-15-7-9-19(2)29(32)31-25/h7-15,17,26,34H,4-6,16,18H2,1-3H3/b27-24+. The van der Waals surface area contributed by atoms with Crippen LogP contribution >= 0.6 is 0 Å². The third-order valence-electron chi connectivity index (χ3n) is 6.97. The Bertz CT molecular complexity index is 1500. The molecule has 1 fully saturated rings. The molecular weight excluding hydrogens is 482 g/mol. The van der Waals surface area contributed by atoms with Crippen LogP contribution in [0.3, 0.4) is 0 Å². The van der Waals surface area contributed by atoms with Crippen molar-refractivity contribution in [2.24, 2.45) is 0 Å². The van der Waals surface area contributed by atoms with Crippen molar-refractivity contribution in [3.63, 3.8) is 0 Å². The summed E-state index contributed by atoms with van der Waals surface area (Å²) in [4.78, 5) is 32.8. The number of rotatable bonds is 9. The van der Waals surface area contributed by atoms with Crippen LogP contribution in [-0.4, -0.2) is 37.7 Å². The van der Waals surface area contributed by atoms with Crippen molar-refractivity contribution in [2.45, 2.75) is 52.6 Å². The van der Waals surface area contributed by atoms with Crippen LogP contribution in [0.1, 0.15) is 60.5 Å². The average molecular weight is 514 g/mol. The lowest BCUT2D eigenvalue weighted by Gasteiger charge is -2.24. The van der Waals surface area contributed by atoms with Gasteiger partial charge in [0.05, 0.1) is 36.7 Å². The number of fused-ring (bicyclic) bond motifs is 1. The van der Waals surface area contributed by atoms with Crippen LogP contribution in [0.5, 0.6) is 5.75 Å². The molecule has 1 unspecified atom stereocenters. The van der Waals surface area contributed by atoms with Crippen molar-refractivity contribution in [3.05, 3.63) is 94.8 Å². The first-order valence-electron chi connectivity index (χ1n) is 12.9. The molecular formula is C30H31N3O5. The van der Waals surface area contributed by atoms with Crippen LogP contribution < -0.4 is 4.74 Å². The van der Waals surface area contributed by atoms with E-state index < -0.39 is 17.7 Å². The van der Waals surface area contributed by atoms with Gasteiger partial charge in [-0.2, -0.15) is 0 Å². The van der Waals surface area contributed by atoms with E-state index in [1.165, 1.54) is 11.2 Å². The van der Waals surface area contributed by atoms with Gasteiger partial charge in [0.15, 0.2) is 5.76 Å².